The Morgan fingerprint density at radius 3 is 2.33 bits per heavy atom. The Labute approximate surface area is 247 Å². The lowest BCUT2D eigenvalue weighted by Gasteiger charge is -2.35. The Balaban J connectivity index is 1.35. The lowest BCUT2D eigenvalue weighted by Crippen LogP contribution is -2.45. The van der Waals surface area contributed by atoms with E-state index in [1.54, 1.807) is 6.07 Å². The Kier molecular flexibility index (Phi) is 8.94. The Hall–Kier alpha value is -4.08. The highest BCUT2D eigenvalue weighted by atomic mass is 19.4. The van der Waals surface area contributed by atoms with Gasteiger partial charge in [0.05, 0.1) is 23.5 Å². The maximum Gasteiger partial charge on any atom is 0.418 e. The van der Waals surface area contributed by atoms with Crippen LogP contribution in [0.1, 0.15) is 68.9 Å². The Morgan fingerprint density at radius 1 is 0.977 bits per heavy atom. The van der Waals surface area contributed by atoms with Gasteiger partial charge < -0.3 is 15.2 Å². The SMILES string of the molecule is CCCC1CN(C(=O)Nc2ccc(F)cc2C(F)(F)F)c2ccc(-c3ccc([C@H]4CC[C@H](CC(=O)O)CC4)cc3)cc2O1. The number of carboxylic acid groups (broad SMARTS) is 1. The van der Waals surface area contributed by atoms with Gasteiger partial charge in [-0.05, 0) is 91.0 Å². The van der Waals surface area contributed by atoms with Crippen molar-refractivity contribution in [1.29, 1.82) is 0 Å². The monoisotopic (exact) mass is 598 g/mol. The highest BCUT2D eigenvalue weighted by Crippen LogP contribution is 2.41. The summed E-state index contributed by atoms with van der Waals surface area (Å²) in [6.07, 6.45) is 0.185. The van der Waals surface area contributed by atoms with Gasteiger partial charge in [0.25, 0.3) is 0 Å². The van der Waals surface area contributed by atoms with Crippen molar-refractivity contribution in [3.05, 3.63) is 77.6 Å². The molecule has 43 heavy (non-hydrogen) atoms. The molecular formula is C33H34F4N2O4. The third kappa shape index (κ3) is 7.12. The molecule has 2 N–H and O–H groups in total. The number of halogens is 4. The highest BCUT2D eigenvalue weighted by molar-refractivity contribution is 6.03. The topological polar surface area (TPSA) is 78.9 Å². The number of anilines is 2. The number of carboxylic acids is 1. The predicted octanol–water partition coefficient (Wildman–Crippen LogP) is 8.86. The molecule has 3 aromatic carbocycles. The van der Waals surface area contributed by atoms with Crippen LogP contribution in [-0.2, 0) is 11.0 Å². The quantitative estimate of drug-likeness (QED) is 0.266. The van der Waals surface area contributed by atoms with Crippen molar-refractivity contribution in [2.75, 3.05) is 16.8 Å². The number of carbonyl (C=O) groups is 2. The van der Waals surface area contributed by atoms with E-state index in [4.69, 9.17) is 9.84 Å². The molecular weight excluding hydrogens is 564 g/mol. The van der Waals surface area contributed by atoms with E-state index < -0.39 is 35.2 Å². The Morgan fingerprint density at radius 2 is 1.67 bits per heavy atom. The molecule has 0 radical (unpaired) electrons. The summed E-state index contributed by atoms with van der Waals surface area (Å²) in [5.74, 6) is -0.701. The zero-order chi connectivity index (χ0) is 30.7. The molecule has 0 saturated heterocycles. The van der Waals surface area contributed by atoms with Gasteiger partial charge in [-0.3, -0.25) is 9.69 Å². The fourth-order valence-corrected chi connectivity index (χ4v) is 6.13. The highest BCUT2D eigenvalue weighted by Gasteiger charge is 2.36. The molecule has 0 spiro atoms. The van der Waals surface area contributed by atoms with Crippen LogP contribution in [0, 0.1) is 11.7 Å². The second-order valence-electron chi connectivity index (χ2n) is 11.4. The first-order chi connectivity index (χ1) is 20.5. The number of nitrogens with one attached hydrogen (secondary N) is 1. The van der Waals surface area contributed by atoms with Crippen LogP contribution in [0.3, 0.4) is 0 Å². The van der Waals surface area contributed by atoms with E-state index in [0.29, 0.717) is 29.8 Å². The summed E-state index contributed by atoms with van der Waals surface area (Å²) < 4.78 is 60.4. The number of amides is 2. The van der Waals surface area contributed by atoms with Crippen LogP contribution in [0.4, 0.5) is 33.7 Å². The van der Waals surface area contributed by atoms with Crippen molar-refractivity contribution in [3.8, 4) is 16.9 Å². The first-order valence-electron chi connectivity index (χ1n) is 14.6. The van der Waals surface area contributed by atoms with E-state index >= 15 is 0 Å². The van der Waals surface area contributed by atoms with Crippen LogP contribution in [0.2, 0.25) is 0 Å². The number of carbonyl (C=O) groups excluding carboxylic acids is 1. The standard InChI is InChI=1S/C33H34F4N2O4/c1-2-3-26-19-39(32(42)38-28-14-13-25(34)18-27(28)33(35,36)37)29-15-12-24(17-30(29)43-26)23-10-8-22(9-11-23)21-6-4-20(5-7-21)16-31(40)41/h8-15,17-18,20-21,26H,2-7,16,19H2,1H3,(H,38,42)(H,40,41)/t20-,21-,26?. The van der Waals surface area contributed by atoms with Gasteiger partial charge in [0, 0.05) is 6.42 Å². The number of hydrogen-bond acceptors (Lipinski definition) is 3. The smallest absolute Gasteiger partial charge is 0.418 e. The van der Waals surface area contributed by atoms with Gasteiger partial charge in [0.2, 0.25) is 0 Å². The second kappa shape index (κ2) is 12.7. The third-order valence-electron chi connectivity index (χ3n) is 8.34. The van der Waals surface area contributed by atoms with Crippen LogP contribution in [-0.4, -0.2) is 29.8 Å². The van der Waals surface area contributed by atoms with Crippen molar-refractivity contribution in [2.45, 2.75) is 70.1 Å². The number of nitrogens with zero attached hydrogens (tertiary/aromatic N) is 1. The van der Waals surface area contributed by atoms with Crippen LogP contribution in [0.5, 0.6) is 5.75 Å². The molecule has 1 aliphatic heterocycles. The molecule has 2 amide bonds. The minimum absolute atomic E-state index is 0.151. The molecule has 1 fully saturated rings. The minimum Gasteiger partial charge on any atom is -0.486 e. The first kappa shape index (κ1) is 30.4. The lowest BCUT2D eigenvalue weighted by molar-refractivity contribution is -0.138. The zero-order valence-electron chi connectivity index (χ0n) is 23.8. The predicted molar refractivity (Wildman–Crippen MR) is 156 cm³/mol. The van der Waals surface area contributed by atoms with Crippen molar-refractivity contribution in [3.63, 3.8) is 0 Å². The number of aliphatic carboxylic acids is 1. The molecule has 10 heteroatoms. The van der Waals surface area contributed by atoms with Gasteiger partial charge in [0.1, 0.15) is 17.7 Å². The van der Waals surface area contributed by atoms with Gasteiger partial charge in [-0.15, -0.1) is 0 Å². The molecule has 6 nitrogen and oxygen atoms in total. The fourth-order valence-electron chi connectivity index (χ4n) is 6.13. The number of fused-ring (bicyclic) bond motifs is 1. The number of hydrogen-bond donors (Lipinski definition) is 2. The zero-order valence-corrected chi connectivity index (χ0v) is 23.8. The fraction of sp³-hybridized carbons (Fsp3) is 0.394. The molecule has 1 heterocycles. The molecule has 228 valence electrons. The molecule has 1 aliphatic carbocycles. The van der Waals surface area contributed by atoms with E-state index in [0.717, 1.165) is 55.4 Å². The number of alkyl halides is 3. The van der Waals surface area contributed by atoms with Gasteiger partial charge in [-0.2, -0.15) is 13.2 Å². The average Bonchev–Trinajstić information content (AvgIpc) is 2.97. The summed E-state index contributed by atoms with van der Waals surface area (Å²) in [5, 5.41) is 11.4. The molecule has 1 saturated carbocycles. The van der Waals surface area contributed by atoms with E-state index in [1.807, 2.05) is 31.2 Å². The molecule has 5 rings (SSSR count). The maximum absolute atomic E-state index is 13.6. The molecule has 0 bridgehead atoms. The third-order valence-corrected chi connectivity index (χ3v) is 8.34. The van der Waals surface area contributed by atoms with Crippen molar-refractivity contribution >= 4 is 23.4 Å². The van der Waals surface area contributed by atoms with Gasteiger partial charge in [-0.1, -0.05) is 43.7 Å². The van der Waals surface area contributed by atoms with Crippen molar-refractivity contribution < 1.29 is 37.0 Å². The van der Waals surface area contributed by atoms with E-state index in [2.05, 4.69) is 17.4 Å². The maximum atomic E-state index is 13.6. The number of ether oxygens (including phenoxy) is 1. The van der Waals surface area contributed by atoms with Crippen LogP contribution in [0.15, 0.2) is 60.7 Å². The molecule has 2 aliphatic rings. The van der Waals surface area contributed by atoms with E-state index in [9.17, 15) is 27.2 Å². The van der Waals surface area contributed by atoms with E-state index in [1.165, 1.54) is 10.5 Å². The van der Waals surface area contributed by atoms with E-state index in [-0.39, 0.29) is 25.0 Å². The summed E-state index contributed by atoms with van der Waals surface area (Å²) >= 11 is 0. The van der Waals surface area contributed by atoms with Crippen molar-refractivity contribution in [1.82, 2.24) is 0 Å². The molecule has 1 atom stereocenters. The number of urea groups is 1. The number of rotatable bonds is 7. The lowest BCUT2D eigenvalue weighted by atomic mass is 9.77. The van der Waals surface area contributed by atoms with Gasteiger partial charge in [-0.25, -0.2) is 9.18 Å². The number of benzene rings is 3. The summed E-state index contributed by atoms with van der Waals surface area (Å²) in [4.78, 5) is 25.7. The summed E-state index contributed by atoms with van der Waals surface area (Å²) in [5.41, 5.74) is 1.68. The van der Waals surface area contributed by atoms with Crippen molar-refractivity contribution in [2.24, 2.45) is 5.92 Å². The molecule has 0 aromatic heterocycles. The summed E-state index contributed by atoms with van der Waals surface area (Å²) in [6.45, 7) is 2.13. The second-order valence-corrected chi connectivity index (χ2v) is 11.4. The first-order valence-corrected chi connectivity index (χ1v) is 14.6. The van der Waals surface area contributed by atoms with Crippen LogP contribution >= 0.6 is 0 Å². The molecule has 1 unspecified atom stereocenters. The van der Waals surface area contributed by atoms with Gasteiger partial charge in [0.15, 0.2) is 0 Å². The van der Waals surface area contributed by atoms with Crippen LogP contribution < -0.4 is 15.0 Å². The average molecular weight is 599 g/mol. The van der Waals surface area contributed by atoms with Crippen LogP contribution in [0.25, 0.3) is 11.1 Å². The largest absolute Gasteiger partial charge is 0.486 e. The Bertz CT molecular complexity index is 1470. The summed E-state index contributed by atoms with van der Waals surface area (Å²) in [6, 6.07) is 15.0. The summed E-state index contributed by atoms with van der Waals surface area (Å²) in [7, 11) is 0. The van der Waals surface area contributed by atoms with Gasteiger partial charge >= 0.3 is 18.2 Å². The minimum atomic E-state index is -4.84. The normalized spacial score (nSPS) is 20.2. The molecule has 3 aromatic rings.